The van der Waals surface area contributed by atoms with Crippen LogP contribution in [-0.2, 0) is 38.8 Å². The van der Waals surface area contributed by atoms with Gasteiger partial charge in [0.1, 0.15) is 28.6 Å². The van der Waals surface area contributed by atoms with Gasteiger partial charge < -0.3 is 14.2 Å². The summed E-state index contributed by atoms with van der Waals surface area (Å²) in [6.07, 6.45) is 2.55. The SMILES string of the molecule is CC(C)c1cc(OC(=O)C2C3CC4C(OC(=O)C42)C3OC(=O)C23CC4CC(C2)C(=O)C(C4)C3)cc(C(C)C)c1S(=O)(=O)O. The van der Waals surface area contributed by atoms with Crippen LogP contribution in [0.25, 0.3) is 0 Å². The molecule has 1 aromatic rings. The maximum atomic E-state index is 13.8. The van der Waals surface area contributed by atoms with Crippen molar-refractivity contribution in [2.24, 2.45) is 46.8 Å². The first kappa shape index (κ1) is 29.0. The Labute approximate surface area is 251 Å². The Hall–Kier alpha value is -2.79. The van der Waals surface area contributed by atoms with Gasteiger partial charge in [-0.2, -0.15) is 8.42 Å². The molecule has 0 spiro atoms. The third-order valence-corrected chi connectivity index (χ3v) is 12.3. The second-order valence-corrected chi connectivity index (χ2v) is 15.9. The van der Waals surface area contributed by atoms with Gasteiger partial charge in [0.2, 0.25) is 0 Å². The minimum atomic E-state index is -4.54. The van der Waals surface area contributed by atoms with Crippen molar-refractivity contribution in [3.8, 4) is 5.75 Å². The topological polar surface area (TPSA) is 150 Å². The Morgan fingerprint density at radius 1 is 0.953 bits per heavy atom. The lowest BCUT2D eigenvalue weighted by Gasteiger charge is -2.54. The number of rotatable bonds is 7. The van der Waals surface area contributed by atoms with Crippen LogP contribution >= 0.6 is 0 Å². The highest BCUT2D eigenvalue weighted by molar-refractivity contribution is 7.86. The maximum Gasteiger partial charge on any atom is 0.315 e. The quantitative estimate of drug-likeness (QED) is 0.269. The molecule has 7 fully saturated rings. The molecule has 8 unspecified atom stereocenters. The van der Waals surface area contributed by atoms with Crippen LogP contribution in [0, 0.1) is 46.8 Å². The molecule has 232 valence electrons. The summed E-state index contributed by atoms with van der Waals surface area (Å²) in [4.78, 5) is 53.1. The van der Waals surface area contributed by atoms with Crippen LogP contribution in [0.2, 0.25) is 0 Å². The number of ether oxygens (including phenoxy) is 3. The Morgan fingerprint density at radius 3 is 2.12 bits per heavy atom. The largest absolute Gasteiger partial charge is 0.458 e. The summed E-state index contributed by atoms with van der Waals surface area (Å²) in [5.41, 5.74) is -0.0456. The maximum absolute atomic E-state index is 13.8. The molecule has 6 aliphatic carbocycles. The highest BCUT2D eigenvalue weighted by Crippen LogP contribution is 2.62. The standard InChI is InChI=1S/C32H38O10S/c1-13(2)19-7-18(8-20(14(3)4)28(19)43(37,38)39)40-29(34)23-22-9-21-24(23)30(35)41-26(21)27(22)42-31(36)32-10-15-5-16(11-32)25(33)17(6-15)12-32/h7-8,13-17,21-24,26-27H,5-6,9-12H2,1-4H3,(H,37,38,39). The first-order chi connectivity index (χ1) is 20.2. The van der Waals surface area contributed by atoms with Crippen molar-refractivity contribution in [3.05, 3.63) is 23.3 Å². The summed E-state index contributed by atoms with van der Waals surface area (Å²) in [7, 11) is -4.54. The number of benzene rings is 1. The van der Waals surface area contributed by atoms with Gasteiger partial charge in [-0.3, -0.25) is 23.7 Å². The number of hydrogen-bond donors (Lipinski definition) is 1. The molecule has 1 N–H and O–H groups in total. The van der Waals surface area contributed by atoms with Gasteiger partial charge in [-0.15, -0.1) is 0 Å². The van der Waals surface area contributed by atoms with E-state index in [2.05, 4.69) is 0 Å². The van der Waals surface area contributed by atoms with Crippen molar-refractivity contribution in [2.75, 3.05) is 0 Å². The zero-order valence-corrected chi connectivity index (χ0v) is 25.6. The summed E-state index contributed by atoms with van der Waals surface area (Å²) < 4.78 is 52.4. The summed E-state index contributed by atoms with van der Waals surface area (Å²) in [5, 5.41) is 0. The molecule has 6 saturated carbocycles. The van der Waals surface area contributed by atoms with Crippen molar-refractivity contribution in [1.29, 1.82) is 0 Å². The van der Waals surface area contributed by atoms with Crippen LogP contribution in [0.1, 0.15) is 89.2 Å². The lowest BCUT2D eigenvalue weighted by Crippen LogP contribution is -2.56. The summed E-state index contributed by atoms with van der Waals surface area (Å²) >= 11 is 0. The first-order valence-corrected chi connectivity index (χ1v) is 16.9. The molecule has 8 rings (SSSR count). The van der Waals surface area contributed by atoms with E-state index < -0.39 is 57.4 Å². The zero-order valence-electron chi connectivity index (χ0n) is 24.8. The number of fused-ring (bicyclic) bond motifs is 1. The fourth-order valence-electron chi connectivity index (χ4n) is 9.76. The van der Waals surface area contributed by atoms with E-state index in [-0.39, 0.29) is 52.0 Å². The molecule has 11 heteroatoms. The Kier molecular flexibility index (Phi) is 6.47. The van der Waals surface area contributed by atoms with E-state index in [9.17, 15) is 32.1 Å². The zero-order chi connectivity index (χ0) is 30.7. The van der Waals surface area contributed by atoms with Gasteiger partial charge in [-0.1, -0.05) is 27.7 Å². The minimum absolute atomic E-state index is 0.0890. The van der Waals surface area contributed by atoms with E-state index in [1.54, 1.807) is 27.7 Å². The van der Waals surface area contributed by atoms with Crippen molar-refractivity contribution in [1.82, 2.24) is 0 Å². The van der Waals surface area contributed by atoms with E-state index in [0.29, 0.717) is 42.7 Å². The first-order valence-electron chi connectivity index (χ1n) is 15.5. The van der Waals surface area contributed by atoms with E-state index in [0.717, 1.165) is 12.8 Å². The average Bonchev–Trinajstić information content (AvgIpc) is 3.54. The van der Waals surface area contributed by atoms with E-state index >= 15 is 0 Å². The Morgan fingerprint density at radius 2 is 1.56 bits per heavy atom. The van der Waals surface area contributed by atoms with Crippen LogP contribution in [-0.4, -0.2) is 48.9 Å². The molecule has 6 bridgehead atoms. The smallest absolute Gasteiger partial charge is 0.315 e. The monoisotopic (exact) mass is 614 g/mol. The average molecular weight is 615 g/mol. The molecule has 8 atom stereocenters. The van der Waals surface area contributed by atoms with E-state index in [4.69, 9.17) is 14.2 Å². The van der Waals surface area contributed by atoms with Crippen molar-refractivity contribution in [3.63, 3.8) is 0 Å². The number of Topliss-reactive ketones (excluding diaryl/α,β-unsaturated/α-hetero) is 1. The summed E-state index contributed by atoms with van der Waals surface area (Å²) in [6.45, 7) is 7.12. The number of hydrogen-bond acceptors (Lipinski definition) is 9. The van der Waals surface area contributed by atoms with Crippen molar-refractivity contribution in [2.45, 2.75) is 95.2 Å². The van der Waals surface area contributed by atoms with Crippen LogP contribution in [0.4, 0.5) is 0 Å². The highest BCUT2D eigenvalue weighted by atomic mass is 32.2. The lowest BCUT2D eigenvalue weighted by atomic mass is 9.49. The second kappa shape index (κ2) is 9.60. The normalized spacial score (nSPS) is 38.7. The van der Waals surface area contributed by atoms with Gasteiger partial charge in [0, 0.05) is 23.7 Å². The number of esters is 3. The van der Waals surface area contributed by atoms with Crippen molar-refractivity contribution >= 4 is 33.8 Å². The number of carbonyl (C=O) groups is 4. The fraction of sp³-hybridized carbons (Fsp3) is 0.688. The predicted molar refractivity (Wildman–Crippen MR) is 149 cm³/mol. The third-order valence-electron chi connectivity index (χ3n) is 11.3. The van der Waals surface area contributed by atoms with E-state index in [1.165, 1.54) is 12.1 Å². The van der Waals surface area contributed by atoms with Gasteiger partial charge in [0.05, 0.1) is 17.3 Å². The van der Waals surface area contributed by atoms with Crippen LogP contribution in [0.3, 0.4) is 0 Å². The number of carbonyl (C=O) groups excluding carboxylic acids is 4. The molecule has 7 aliphatic rings. The third kappa shape index (κ3) is 4.31. The van der Waals surface area contributed by atoms with Gasteiger partial charge in [0.25, 0.3) is 10.1 Å². The summed E-state index contributed by atoms with van der Waals surface area (Å²) in [5.74, 6) is -3.80. The Balaban J connectivity index is 1.15. The second-order valence-electron chi connectivity index (χ2n) is 14.5. The molecule has 1 saturated heterocycles. The molecular formula is C32H38O10S. The molecule has 10 nitrogen and oxygen atoms in total. The van der Waals surface area contributed by atoms with Crippen LogP contribution < -0.4 is 4.74 Å². The molecule has 43 heavy (non-hydrogen) atoms. The van der Waals surface area contributed by atoms with Gasteiger partial charge in [0.15, 0.2) is 0 Å². The van der Waals surface area contributed by atoms with Crippen molar-refractivity contribution < 1.29 is 46.4 Å². The molecule has 0 radical (unpaired) electrons. The molecule has 1 heterocycles. The number of ketones is 1. The molecule has 1 aromatic carbocycles. The molecular weight excluding hydrogens is 576 g/mol. The highest BCUT2D eigenvalue weighted by Gasteiger charge is 2.71. The van der Waals surface area contributed by atoms with Gasteiger partial charge >= 0.3 is 17.9 Å². The van der Waals surface area contributed by atoms with Gasteiger partial charge in [-0.05, 0) is 79.5 Å². The fourth-order valence-corrected chi connectivity index (χ4v) is 10.9. The van der Waals surface area contributed by atoms with Crippen LogP contribution in [0.15, 0.2) is 17.0 Å². The molecule has 0 aromatic heterocycles. The molecule has 0 amide bonds. The van der Waals surface area contributed by atoms with E-state index in [1.807, 2.05) is 0 Å². The summed E-state index contributed by atoms with van der Waals surface area (Å²) in [6, 6.07) is 2.90. The minimum Gasteiger partial charge on any atom is -0.458 e. The van der Waals surface area contributed by atoms with Crippen LogP contribution in [0.5, 0.6) is 5.75 Å². The Bertz CT molecular complexity index is 1500. The molecule has 1 aliphatic heterocycles. The lowest BCUT2D eigenvalue weighted by molar-refractivity contribution is -0.188. The predicted octanol–water partition coefficient (Wildman–Crippen LogP) is 4.20. The van der Waals surface area contributed by atoms with Gasteiger partial charge in [-0.25, -0.2) is 0 Å².